The van der Waals surface area contributed by atoms with Gasteiger partial charge in [-0.25, -0.2) is 0 Å². The van der Waals surface area contributed by atoms with Gasteiger partial charge in [-0.15, -0.1) is 0 Å². The Morgan fingerprint density at radius 1 is 1.23 bits per heavy atom. The molecule has 1 aromatic carbocycles. The SMILES string of the molecule is Cc1ccc(C)c2c(C)c(C(=O)N3CC[C@H](C(=O)O)C3)oc12. The minimum Gasteiger partial charge on any atom is -0.481 e. The molecule has 1 aliphatic heterocycles. The molecule has 0 bridgehead atoms. The number of nitrogens with zero attached hydrogens (tertiary/aromatic N) is 1. The lowest BCUT2D eigenvalue weighted by molar-refractivity contribution is -0.141. The molecule has 0 aliphatic carbocycles. The van der Waals surface area contributed by atoms with Gasteiger partial charge in [-0.3, -0.25) is 9.59 Å². The first-order valence-electron chi connectivity index (χ1n) is 7.41. The van der Waals surface area contributed by atoms with Gasteiger partial charge in [0, 0.05) is 24.0 Å². The lowest BCUT2D eigenvalue weighted by Gasteiger charge is -2.14. The molecule has 0 spiro atoms. The number of carbonyl (C=O) groups excluding carboxylic acids is 1. The van der Waals surface area contributed by atoms with E-state index in [9.17, 15) is 9.59 Å². The number of hydrogen-bond acceptors (Lipinski definition) is 3. The first kappa shape index (κ1) is 14.6. The van der Waals surface area contributed by atoms with Crippen molar-refractivity contribution in [2.75, 3.05) is 13.1 Å². The van der Waals surface area contributed by atoms with Crippen molar-refractivity contribution in [1.82, 2.24) is 4.90 Å². The van der Waals surface area contributed by atoms with E-state index in [-0.39, 0.29) is 12.5 Å². The second-order valence-corrected chi connectivity index (χ2v) is 6.03. The number of carboxylic acids is 1. The summed E-state index contributed by atoms with van der Waals surface area (Å²) in [6.07, 6.45) is 0.498. The third-order valence-electron chi connectivity index (χ3n) is 4.50. The van der Waals surface area contributed by atoms with E-state index in [0.29, 0.717) is 18.7 Å². The lowest BCUT2D eigenvalue weighted by Crippen LogP contribution is -2.30. The van der Waals surface area contributed by atoms with Crippen molar-refractivity contribution in [2.45, 2.75) is 27.2 Å². The summed E-state index contributed by atoms with van der Waals surface area (Å²) in [5, 5.41) is 10.0. The van der Waals surface area contributed by atoms with Crippen LogP contribution >= 0.6 is 0 Å². The minimum absolute atomic E-state index is 0.212. The highest BCUT2D eigenvalue weighted by Crippen LogP contribution is 2.32. The van der Waals surface area contributed by atoms with Crippen LogP contribution in [0.5, 0.6) is 0 Å². The molecule has 1 amide bonds. The highest BCUT2D eigenvalue weighted by Gasteiger charge is 2.33. The third-order valence-corrected chi connectivity index (χ3v) is 4.50. The van der Waals surface area contributed by atoms with Crippen LogP contribution in [0.25, 0.3) is 11.0 Å². The molecule has 1 saturated heterocycles. The predicted molar refractivity (Wildman–Crippen MR) is 82.1 cm³/mol. The number of hydrogen-bond donors (Lipinski definition) is 1. The van der Waals surface area contributed by atoms with E-state index in [1.165, 1.54) is 0 Å². The number of carbonyl (C=O) groups is 2. The summed E-state index contributed by atoms with van der Waals surface area (Å²) in [6, 6.07) is 4.00. The molecule has 116 valence electrons. The van der Waals surface area contributed by atoms with Gasteiger partial charge in [0.15, 0.2) is 5.76 Å². The molecule has 5 nitrogen and oxygen atoms in total. The zero-order chi connectivity index (χ0) is 16.0. The maximum atomic E-state index is 12.7. The van der Waals surface area contributed by atoms with Gasteiger partial charge in [0.05, 0.1) is 5.92 Å². The van der Waals surface area contributed by atoms with Crippen LogP contribution in [0.2, 0.25) is 0 Å². The number of likely N-dealkylation sites (tertiary alicyclic amines) is 1. The molecule has 1 atom stereocenters. The zero-order valence-electron chi connectivity index (χ0n) is 13.0. The molecule has 3 rings (SSSR count). The highest BCUT2D eigenvalue weighted by molar-refractivity contribution is 6.00. The minimum atomic E-state index is -0.844. The fourth-order valence-electron chi connectivity index (χ4n) is 3.17. The molecule has 1 aromatic heterocycles. The van der Waals surface area contributed by atoms with Crippen molar-refractivity contribution in [3.63, 3.8) is 0 Å². The molecular weight excluding hydrogens is 282 g/mol. The van der Waals surface area contributed by atoms with Crippen LogP contribution < -0.4 is 0 Å². The molecule has 1 aliphatic rings. The number of aliphatic carboxylic acids is 1. The van der Waals surface area contributed by atoms with Crippen molar-refractivity contribution in [3.8, 4) is 0 Å². The Bertz CT molecular complexity index is 775. The van der Waals surface area contributed by atoms with Gasteiger partial charge in [-0.2, -0.15) is 0 Å². The van der Waals surface area contributed by atoms with E-state index in [0.717, 1.165) is 27.7 Å². The van der Waals surface area contributed by atoms with Gasteiger partial charge in [-0.1, -0.05) is 12.1 Å². The fraction of sp³-hybridized carbons (Fsp3) is 0.412. The van der Waals surface area contributed by atoms with E-state index in [1.807, 2.05) is 32.9 Å². The lowest BCUT2D eigenvalue weighted by atomic mass is 10.0. The van der Waals surface area contributed by atoms with Crippen LogP contribution in [0.3, 0.4) is 0 Å². The van der Waals surface area contributed by atoms with Crippen molar-refractivity contribution < 1.29 is 19.1 Å². The molecule has 1 N–H and O–H groups in total. The van der Waals surface area contributed by atoms with Crippen LogP contribution in [0.1, 0.15) is 33.7 Å². The summed E-state index contributed by atoms with van der Waals surface area (Å²) in [5.41, 5.74) is 3.65. The highest BCUT2D eigenvalue weighted by atomic mass is 16.4. The first-order chi connectivity index (χ1) is 10.4. The Morgan fingerprint density at radius 2 is 1.91 bits per heavy atom. The molecule has 1 fully saturated rings. The smallest absolute Gasteiger partial charge is 0.308 e. The van der Waals surface area contributed by atoms with E-state index in [1.54, 1.807) is 4.90 Å². The maximum absolute atomic E-state index is 12.7. The summed E-state index contributed by atoms with van der Waals surface area (Å²) in [5.74, 6) is -1.20. The van der Waals surface area contributed by atoms with E-state index < -0.39 is 11.9 Å². The number of carboxylic acid groups (broad SMARTS) is 1. The molecule has 0 saturated carbocycles. The number of amides is 1. The van der Waals surface area contributed by atoms with Gasteiger partial charge in [-0.05, 0) is 38.3 Å². The Kier molecular flexibility index (Phi) is 3.43. The van der Waals surface area contributed by atoms with Gasteiger partial charge >= 0.3 is 5.97 Å². The fourth-order valence-corrected chi connectivity index (χ4v) is 3.17. The molecule has 2 heterocycles. The van der Waals surface area contributed by atoms with Gasteiger partial charge in [0.25, 0.3) is 5.91 Å². The summed E-state index contributed by atoms with van der Waals surface area (Å²) < 4.78 is 5.84. The quantitative estimate of drug-likeness (QED) is 0.926. The molecular formula is C17H19NO4. The van der Waals surface area contributed by atoms with Crippen molar-refractivity contribution in [1.29, 1.82) is 0 Å². The average Bonchev–Trinajstić information content (AvgIpc) is 3.08. The van der Waals surface area contributed by atoms with Crippen LogP contribution in [0, 0.1) is 26.7 Å². The van der Waals surface area contributed by atoms with Crippen LogP contribution in [0.4, 0.5) is 0 Å². The molecule has 22 heavy (non-hydrogen) atoms. The van der Waals surface area contributed by atoms with Crippen LogP contribution in [0.15, 0.2) is 16.5 Å². The van der Waals surface area contributed by atoms with Crippen LogP contribution in [-0.2, 0) is 4.79 Å². The monoisotopic (exact) mass is 301 g/mol. The second kappa shape index (κ2) is 5.16. The van der Waals surface area contributed by atoms with Gasteiger partial charge < -0.3 is 14.4 Å². The van der Waals surface area contributed by atoms with Gasteiger partial charge in [0.2, 0.25) is 0 Å². The summed E-state index contributed by atoms with van der Waals surface area (Å²) in [6.45, 7) is 6.55. The summed E-state index contributed by atoms with van der Waals surface area (Å²) in [7, 11) is 0. The number of fused-ring (bicyclic) bond motifs is 1. The van der Waals surface area contributed by atoms with Crippen molar-refractivity contribution in [2.24, 2.45) is 5.92 Å². The Hall–Kier alpha value is -2.30. The number of aryl methyl sites for hydroxylation is 3. The zero-order valence-corrected chi connectivity index (χ0v) is 13.0. The van der Waals surface area contributed by atoms with E-state index in [2.05, 4.69) is 0 Å². The summed E-state index contributed by atoms with van der Waals surface area (Å²) in [4.78, 5) is 25.3. The van der Waals surface area contributed by atoms with Gasteiger partial charge in [0.1, 0.15) is 5.58 Å². The predicted octanol–water partition coefficient (Wildman–Crippen LogP) is 2.90. The number of rotatable bonds is 2. The number of furan rings is 1. The van der Waals surface area contributed by atoms with E-state index >= 15 is 0 Å². The second-order valence-electron chi connectivity index (χ2n) is 6.03. The maximum Gasteiger partial charge on any atom is 0.308 e. The van der Waals surface area contributed by atoms with Crippen molar-refractivity contribution >= 4 is 22.8 Å². The summed E-state index contributed by atoms with van der Waals surface area (Å²) >= 11 is 0. The van der Waals surface area contributed by atoms with Crippen LogP contribution in [-0.4, -0.2) is 35.0 Å². The third kappa shape index (κ3) is 2.17. The largest absolute Gasteiger partial charge is 0.481 e. The Labute approximate surface area is 128 Å². The molecule has 0 unspecified atom stereocenters. The Balaban J connectivity index is 1.99. The topological polar surface area (TPSA) is 70.8 Å². The Morgan fingerprint density at radius 3 is 2.50 bits per heavy atom. The standard InChI is InChI=1S/C17H19NO4/c1-9-4-5-10(2)14-13(9)11(3)15(22-14)16(19)18-7-6-12(8-18)17(20)21/h4-5,12H,6-8H2,1-3H3,(H,20,21)/t12-/m0/s1. The molecule has 2 aromatic rings. The van der Waals surface area contributed by atoms with E-state index in [4.69, 9.17) is 9.52 Å². The average molecular weight is 301 g/mol. The normalized spacial score (nSPS) is 18.1. The first-order valence-corrected chi connectivity index (χ1v) is 7.41. The molecule has 0 radical (unpaired) electrons. The molecule has 5 heteroatoms. The number of benzene rings is 1. The van der Waals surface area contributed by atoms with Crippen molar-refractivity contribution in [3.05, 3.63) is 34.6 Å².